The molecule has 2 heterocycles. The van der Waals surface area contributed by atoms with Crippen molar-refractivity contribution in [1.82, 2.24) is 14.9 Å². The molecule has 7 nitrogen and oxygen atoms in total. The first-order valence-electron chi connectivity index (χ1n) is 9.49. The summed E-state index contributed by atoms with van der Waals surface area (Å²) in [5.74, 6) is 1.02. The van der Waals surface area contributed by atoms with Gasteiger partial charge in [0, 0.05) is 38.6 Å². The van der Waals surface area contributed by atoms with Gasteiger partial charge in [0.05, 0.1) is 18.0 Å². The van der Waals surface area contributed by atoms with E-state index in [1.165, 1.54) is 9.87 Å². The molecule has 1 aliphatic heterocycles. The van der Waals surface area contributed by atoms with Crippen LogP contribution in [0.25, 0.3) is 0 Å². The lowest BCUT2D eigenvalue weighted by Gasteiger charge is -2.34. The first kappa shape index (κ1) is 25.6. The summed E-state index contributed by atoms with van der Waals surface area (Å²) in [6.45, 7) is 10.5. The highest BCUT2D eigenvalue weighted by atomic mass is 127. The number of ether oxygens (including phenoxy) is 1. The van der Waals surface area contributed by atoms with Gasteiger partial charge in [-0.2, -0.15) is 15.6 Å². The number of hydrogen-bond donors (Lipinski definition) is 2. The molecule has 2 rings (SSSR count). The van der Waals surface area contributed by atoms with E-state index in [0.717, 1.165) is 6.54 Å². The van der Waals surface area contributed by atoms with Crippen molar-refractivity contribution in [2.75, 3.05) is 38.5 Å². The van der Waals surface area contributed by atoms with Crippen molar-refractivity contribution in [3.63, 3.8) is 0 Å². The van der Waals surface area contributed by atoms with Crippen LogP contribution in [0.4, 0.5) is 0 Å². The molecule has 0 bridgehead atoms. The lowest BCUT2D eigenvalue weighted by atomic mass is 10.1. The van der Waals surface area contributed by atoms with Gasteiger partial charge >= 0.3 is 0 Å². The summed E-state index contributed by atoms with van der Waals surface area (Å²) in [5, 5.41) is 10.5. The van der Waals surface area contributed by atoms with Crippen LogP contribution in [0.2, 0.25) is 0 Å². The summed E-state index contributed by atoms with van der Waals surface area (Å²) in [5.41, 5.74) is 1.28. The maximum atomic E-state index is 12.6. The molecule has 0 radical (unpaired) electrons. The number of nitrogens with one attached hydrogen (secondary N) is 2. The standard InChI is InChI=1S/C18H32N4O3S2.HI/c1-5-19-18(21-10-14(2)17-6-8-26-13-17)20-7-9-27(23,24)22-11-15(3)25-16(4)12-22;/h6,8,13-16H,5,7,9-12H2,1-4H3,(H2,19,20,21);1H. The Morgan fingerprint density at radius 2 is 2.04 bits per heavy atom. The minimum atomic E-state index is -3.32. The molecule has 2 N–H and O–H groups in total. The third-order valence-electron chi connectivity index (χ3n) is 4.41. The lowest BCUT2D eigenvalue weighted by molar-refractivity contribution is -0.0440. The Bertz CT molecular complexity index is 688. The summed E-state index contributed by atoms with van der Waals surface area (Å²) >= 11 is 1.68. The van der Waals surface area contributed by atoms with E-state index in [2.05, 4.69) is 39.4 Å². The Morgan fingerprint density at radius 3 is 2.61 bits per heavy atom. The SMILES string of the molecule is CCNC(=NCC(C)c1ccsc1)NCCS(=O)(=O)N1CC(C)OC(C)C1.I. The molecule has 1 fully saturated rings. The minimum absolute atomic E-state index is 0. The predicted octanol–water partition coefficient (Wildman–Crippen LogP) is 2.46. The van der Waals surface area contributed by atoms with E-state index in [1.807, 2.05) is 20.8 Å². The fourth-order valence-corrected chi connectivity index (χ4v) is 5.29. The topological polar surface area (TPSA) is 83.0 Å². The fraction of sp³-hybridized carbons (Fsp3) is 0.722. The number of sulfonamides is 1. The average Bonchev–Trinajstić information content (AvgIpc) is 3.13. The molecule has 3 atom stereocenters. The van der Waals surface area contributed by atoms with Gasteiger partial charge in [-0.3, -0.25) is 4.99 Å². The van der Waals surface area contributed by atoms with Crippen LogP contribution < -0.4 is 10.6 Å². The zero-order valence-corrected chi connectivity index (χ0v) is 21.0. The smallest absolute Gasteiger partial charge is 0.216 e. The van der Waals surface area contributed by atoms with Crippen molar-refractivity contribution in [2.45, 2.75) is 45.8 Å². The first-order valence-corrected chi connectivity index (χ1v) is 12.0. The number of nitrogens with zero attached hydrogens (tertiary/aromatic N) is 2. The molecular weight excluding hydrogens is 511 g/mol. The van der Waals surface area contributed by atoms with Gasteiger partial charge in [0.2, 0.25) is 10.0 Å². The third kappa shape index (κ3) is 8.13. The van der Waals surface area contributed by atoms with Crippen LogP contribution >= 0.6 is 35.3 Å². The van der Waals surface area contributed by atoms with E-state index in [4.69, 9.17) is 4.74 Å². The van der Waals surface area contributed by atoms with E-state index in [9.17, 15) is 8.42 Å². The van der Waals surface area contributed by atoms with Gasteiger partial charge in [0.25, 0.3) is 0 Å². The molecule has 10 heteroatoms. The molecule has 0 spiro atoms. The molecule has 1 saturated heterocycles. The Morgan fingerprint density at radius 1 is 1.36 bits per heavy atom. The van der Waals surface area contributed by atoms with Crippen molar-refractivity contribution in [1.29, 1.82) is 0 Å². The van der Waals surface area contributed by atoms with Crippen LogP contribution in [-0.4, -0.2) is 69.4 Å². The normalized spacial score (nSPS) is 22.4. The Balaban J connectivity index is 0.00000392. The second kappa shape index (κ2) is 12.3. The van der Waals surface area contributed by atoms with Crippen LogP contribution in [0.15, 0.2) is 21.8 Å². The highest BCUT2D eigenvalue weighted by molar-refractivity contribution is 14.0. The maximum absolute atomic E-state index is 12.6. The third-order valence-corrected chi connectivity index (χ3v) is 6.92. The Hall–Kier alpha value is -0.430. The lowest BCUT2D eigenvalue weighted by Crippen LogP contribution is -2.50. The molecule has 1 aromatic heterocycles. The monoisotopic (exact) mass is 544 g/mol. The fourth-order valence-electron chi connectivity index (χ4n) is 3.02. The van der Waals surface area contributed by atoms with Gasteiger partial charge in [-0.15, -0.1) is 24.0 Å². The van der Waals surface area contributed by atoms with E-state index in [1.54, 1.807) is 11.3 Å². The van der Waals surface area contributed by atoms with Gasteiger partial charge < -0.3 is 15.4 Å². The van der Waals surface area contributed by atoms with Crippen LogP contribution in [0, 0.1) is 0 Å². The average molecular weight is 545 g/mol. The molecule has 162 valence electrons. The minimum Gasteiger partial charge on any atom is -0.373 e. The molecule has 3 unspecified atom stereocenters. The van der Waals surface area contributed by atoms with E-state index in [-0.39, 0.29) is 41.9 Å². The summed E-state index contributed by atoms with van der Waals surface area (Å²) < 4.78 is 32.4. The zero-order chi connectivity index (χ0) is 19.9. The van der Waals surface area contributed by atoms with E-state index < -0.39 is 10.0 Å². The molecule has 0 aromatic carbocycles. The number of morpholine rings is 1. The van der Waals surface area contributed by atoms with E-state index in [0.29, 0.717) is 38.1 Å². The second-order valence-electron chi connectivity index (χ2n) is 6.99. The number of hydrogen-bond acceptors (Lipinski definition) is 5. The highest BCUT2D eigenvalue weighted by Crippen LogP contribution is 2.18. The zero-order valence-electron chi connectivity index (χ0n) is 17.1. The summed E-state index contributed by atoms with van der Waals surface area (Å²) in [4.78, 5) is 4.60. The van der Waals surface area contributed by atoms with Crippen LogP contribution in [-0.2, 0) is 14.8 Å². The van der Waals surface area contributed by atoms with E-state index >= 15 is 0 Å². The van der Waals surface area contributed by atoms with Crippen LogP contribution in [0.3, 0.4) is 0 Å². The maximum Gasteiger partial charge on any atom is 0.216 e. The first-order chi connectivity index (χ1) is 12.8. The number of thiophene rings is 1. The summed E-state index contributed by atoms with van der Waals surface area (Å²) in [6.07, 6.45) is -0.150. The number of rotatable bonds is 8. The summed E-state index contributed by atoms with van der Waals surface area (Å²) in [7, 11) is -3.32. The molecule has 0 aliphatic carbocycles. The van der Waals surface area contributed by atoms with Crippen molar-refractivity contribution in [3.05, 3.63) is 22.4 Å². The Labute approximate surface area is 190 Å². The van der Waals surface area contributed by atoms with Crippen molar-refractivity contribution >= 4 is 51.3 Å². The molecule has 0 saturated carbocycles. The van der Waals surface area contributed by atoms with Gasteiger partial charge in [0.15, 0.2) is 5.96 Å². The quantitative estimate of drug-likeness (QED) is 0.299. The van der Waals surface area contributed by atoms with Crippen molar-refractivity contribution in [3.8, 4) is 0 Å². The molecule has 1 aromatic rings. The predicted molar refractivity (Wildman–Crippen MR) is 127 cm³/mol. The largest absolute Gasteiger partial charge is 0.373 e. The number of guanidine groups is 1. The van der Waals surface area contributed by atoms with Crippen LogP contribution in [0.1, 0.15) is 39.2 Å². The van der Waals surface area contributed by atoms with Crippen molar-refractivity contribution in [2.24, 2.45) is 4.99 Å². The highest BCUT2D eigenvalue weighted by Gasteiger charge is 2.30. The van der Waals surface area contributed by atoms with Gasteiger partial charge in [0.1, 0.15) is 0 Å². The molecule has 28 heavy (non-hydrogen) atoms. The second-order valence-corrected chi connectivity index (χ2v) is 9.86. The van der Waals surface area contributed by atoms with Gasteiger partial charge in [-0.25, -0.2) is 8.42 Å². The van der Waals surface area contributed by atoms with Crippen LogP contribution in [0.5, 0.6) is 0 Å². The molecule has 0 amide bonds. The van der Waals surface area contributed by atoms with Crippen molar-refractivity contribution < 1.29 is 13.2 Å². The molecule has 1 aliphatic rings. The Kier molecular flexibility index (Phi) is 11.3. The number of halogens is 1. The summed E-state index contributed by atoms with van der Waals surface area (Å²) in [6, 6.07) is 2.11. The van der Waals surface area contributed by atoms with Gasteiger partial charge in [-0.05, 0) is 43.2 Å². The number of aliphatic imine (C=N–C) groups is 1. The molecular formula is C18H33IN4O3S2. The van der Waals surface area contributed by atoms with Gasteiger partial charge in [-0.1, -0.05) is 6.92 Å².